The molecule has 0 spiro atoms. The molecule has 1 aliphatic rings. The molecule has 1 saturated heterocycles. The van der Waals surface area contributed by atoms with Crippen LogP contribution in [0.15, 0.2) is 18.2 Å². The van der Waals surface area contributed by atoms with Gasteiger partial charge in [-0.05, 0) is 24.1 Å². The maximum absolute atomic E-state index is 13.1. The maximum atomic E-state index is 13.1. The predicted molar refractivity (Wildman–Crippen MR) is 72.8 cm³/mol. The third-order valence-electron chi connectivity index (χ3n) is 3.82. The van der Waals surface area contributed by atoms with Gasteiger partial charge in [0.1, 0.15) is 11.6 Å². The number of amides is 1. The van der Waals surface area contributed by atoms with Crippen molar-refractivity contribution in [1.29, 1.82) is 0 Å². The van der Waals surface area contributed by atoms with E-state index in [0.29, 0.717) is 6.07 Å². The van der Waals surface area contributed by atoms with Crippen molar-refractivity contribution >= 4 is 17.7 Å². The highest BCUT2D eigenvalue weighted by Gasteiger charge is 2.37. The predicted octanol–water partition coefficient (Wildman–Crippen LogP) is 2.53. The Balaban J connectivity index is 2.16. The highest BCUT2D eigenvalue weighted by molar-refractivity contribution is 6.05. The minimum Gasteiger partial charge on any atom is -0.465 e. The summed E-state index contributed by atoms with van der Waals surface area (Å²) < 4.78 is 51.8. The summed E-state index contributed by atoms with van der Waals surface area (Å²) in [5.41, 5.74) is -1.67. The van der Waals surface area contributed by atoms with E-state index in [1.54, 1.807) is 0 Å². The molecule has 0 aliphatic carbocycles. The number of piperidine rings is 1. The number of hydrogen-bond acceptors (Lipinski definition) is 3. The van der Waals surface area contributed by atoms with Crippen LogP contribution in [0.2, 0.25) is 0 Å². The first kappa shape index (κ1) is 17.9. The Morgan fingerprint density at radius 3 is 2.50 bits per heavy atom. The number of alkyl halides is 3. The third-order valence-corrected chi connectivity index (χ3v) is 3.82. The summed E-state index contributed by atoms with van der Waals surface area (Å²) in [4.78, 5) is 35.7. The molecule has 0 saturated carbocycles. The van der Waals surface area contributed by atoms with Gasteiger partial charge in [0.05, 0.1) is 18.0 Å². The maximum Gasteiger partial charge on any atom is 0.416 e. The molecule has 1 amide bonds. The monoisotopic (exact) mass is 347 g/mol. The van der Waals surface area contributed by atoms with Gasteiger partial charge in [0, 0.05) is 13.0 Å². The zero-order chi connectivity index (χ0) is 18.1. The standard InChI is InChI=1S/C15H13F4NO4/c16-9-2-1-8(11(6-9)15(17,18)19)5-12(21)10-3-4-20(14(23)24)7-13(10)22/h1-2,6,10H,3-5,7H2,(H,23,24). The first-order valence-electron chi connectivity index (χ1n) is 6.98. The Kier molecular flexibility index (Phi) is 4.91. The van der Waals surface area contributed by atoms with Gasteiger partial charge in [0.2, 0.25) is 0 Å². The summed E-state index contributed by atoms with van der Waals surface area (Å²) in [6, 6.07) is 1.98. The molecule has 0 aromatic heterocycles. The Morgan fingerprint density at radius 2 is 1.96 bits per heavy atom. The number of hydrogen-bond donors (Lipinski definition) is 1. The number of ketones is 2. The van der Waals surface area contributed by atoms with Crippen LogP contribution in [0.4, 0.5) is 22.4 Å². The van der Waals surface area contributed by atoms with Crippen molar-refractivity contribution in [3.8, 4) is 0 Å². The molecule has 1 aromatic carbocycles. The first-order valence-corrected chi connectivity index (χ1v) is 6.98. The highest BCUT2D eigenvalue weighted by Crippen LogP contribution is 2.33. The average molecular weight is 347 g/mol. The minimum absolute atomic E-state index is 0.0486. The molecule has 9 heteroatoms. The lowest BCUT2D eigenvalue weighted by molar-refractivity contribution is -0.138. The smallest absolute Gasteiger partial charge is 0.416 e. The molecule has 1 aliphatic heterocycles. The van der Waals surface area contributed by atoms with Crippen molar-refractivity contribution in [3.63, 3.8) is 0 Å². The van der Waals surface area contributed by atoms with E-state index >= 15 is 0 Å². The fraction of sp³-hybridized carbons (Fsp3) is 0.400. The van der Waals surface area contributed by atoms with Crippen LogP contribution < -0.4 is 0 Å². The Morgan fingerprint density at radius 1 is 1.29 bits per heavy atom. The van der Waals surface area contributed by atoms with Crippen LogP contribution in [0.3, 0.4) is 0 Å². The molecule has 24 heavy (non-hydrogen) atoms. The first-order chi connectivity index (χ1) is 11.1. The van der Waals surface area contributed by atoms with Gasteiger partial charge in [-0.3, -0.25) is 9.59 Å². The van der Waals surface area contributed by atoms with Crippen molar-refractivity contribution in [2.45, 2.75) is 19.0 Å². The van der Waals surface area contributed by atoms with Gasteiger partial charge in [0.15, 0.2) is 5.78 Å². The van der Waals surface area contributed by atoms with E-state index in [2.05, 4.69) is 0 Å². The Hall–Kier alpha value is -2.45. The molecule has 0 bridgehead atoms. The Labute approximate surface area is 133 Å². The quantitative estimate of drug-likeness (QED) is 0.673. The van der Waals surface area contributed by atoms with Gasteiger partial charge in [-0.25, -0.2) is 9.18 Å². The van der Waals surface area contributed by atoms with Gasteiger partial charge < -0.3 is 10.0 Å². The summed E-state index contributed by atoms with van der Waals surface area (Å²) in [6.45, 7) is -0.520. The van der Waals surface area contributed by atoms with Crippen LogP contribution in [-0.2, 0) is 22.2 Å². The lowest BCUT2D eigenvalue weighted by Gasteiger charge is -2.28. The van der Waals surface area contributed by atoms with E-state index in [1.165, 1.54) is 0 Å². The average Bonchev–Trinajstić information content (AvgIpc) is 2.47. The van der Waals surface area contributed by atoms with Crippen LogP contribution in [0.1, 0.15) is 17.5 Å². The molecule has 1 unspecified atom stereocenters. The molecular weight excluding hydrogens is 334 g/mol. The number of Topliss-reactive ketones (excluding diaryl/α,β-unsaturated/α-hetero) is 2. The highest BCUT2D eigenvalue weighted by atomic mass is 19.4. The second kappa shape index (κ2) is 6.58. The lowest BCUT2D eigenvalue weighted by atomic mass is 9.87. The minimum atomic E-state index is -4.83. The van der Waals surface area contributed by atoms with Gasteiger partial charge in [0.25, 0.3) is 0 Å². The van der Waals surface area contributed by atoms with Gasteiger partial charge in [-0.15, -0.1) is 0 Å². The van der Waals surface area contributed by atoms with Crippen molar-refractivity contribution in [1.82, 2.24) is 4.90 Å². The second-order valence-electron chi connectivity index (χ2n) is 5.45. The number of benzene rings is 1. The van der Waals surface area contributed by atoms with Crippen molar-refractivity contribution in [3.05, 3.63) is 35.1 Å². The third kappa shape index (κ3) is 3.90. The number of carboxylic acid groups (broad SMARTS) is 1. The van der Waals surface area contributed by atoms with Gasteiger partial charge in [-0.1, -0.05) is 6.07 Å². The SMILES string of the molecule is O=C(Cc1ccc(F)cc1C(F)(F)F)C1CCN(C(=O)O)CC1=O. The molecule has 1 heterocycles. The fourth-order valence-electron chi connectivity index (χ4n) is 2.60. The van der Waals surface area contributed by atoms with Crippen molar-refractivity contribution in [2.75, 3.05) is 13.1 Å². The zero-order valence-electron chi connectivity index (χ0n) is 12.3. The largest absolute Gasteiger partial charge is 0.465 e. The molecule has 1 fully saturated rings. The molecule has 5 nitrogen and oxygen atoms in total. The number of carbonyl (C=O) groups excluding carboxylic acids is 2. The van der Waals surface area contributed by atoms with Crippen LogP contribution in [0.25, 0.3) is 0 Å². The number of halogens is 4. The second-order valence-corrected chi connectivity index (χ2v) is 5.45. The fourth-order valence-corrected chi connectivity index (χ4v) is 2.60. The summed E-state index contributed by atoms with van der Waals surface area (Å²) in [6.07, 6.45) is -6.87. The van der Waals surface area contributed by atoms with Crippen molar-refractivity contribution in [2.24, 2.45) is 5.92 Å². The van der Waals surface area contributed by atoms with Crippen LogP contribution >= 0.6 is 0 Å². The van der Waals surface area contributed by atoms with Crippen LogP contribution in [0.5, 0.6) is 0 Å². The van der Waals surface area contributed by atoms with Gasteiger partial charge >= 0.3 is 12.3 Å². The summed E-state index contributed by atoms with van der Waals surface area (Å²) in [5, 5.41) is 8.80. The summed E-state index contributed by atoms with van der Waals surface area (Å²) in [7, 11) is 0. The molecular formula is C15H13F4NO4. The molecule has 2 rings (SSSR count). The number of nitrogens with zero attached hydrogens (tertiary/aromatic N) is 1. The number of carbonyl (C=O) groups is 3. The normalized spacial score (nSPS) is 18.6. The van der Waals surface area contributed by atoms with Crippen LogP contribution in [0, 0.1) is 11.7 Å². The zero-order valence-corrected chi connectivity index (χ0v) is 12.3. The molecule has 1 N–H and O–H groups in total. The molecule has 1 atom stereocenters. The summed E-state index contributed by atoms with van der Waals surface area (Å²) >= 11 is 0. The van der Waals surface area contributed by atoms with E-state index < -0.39 is 59.7 Å². The van der Waals surface area contributed by atoms with E-state index in [1.807, 2.05) is 0 Å². The molecule has 1 aromatic rings. The molecule has 0 radical (unpaired) electrons. The Bertz CT molecular complexity index is 687. The van der Waals surface area contributed by atoms with E-state index in [0.717, 1.165) is 17.0 Å². The van der Waals surface area contributed by atoms with E-state index in [9.17, 15) is 31.9 Å². The van der Waals surface area contributed by atoms with E-state index in [4.69, 9.17) is 5.11 Å². The number of rotatable bonds is 3. The van der Waals surface area contributed by atoms with Gasteiger partial charge in [-0.2, -0.15) is 13.2 Å². The van der Waals surface area contributed by atoms with Crippen LogP contribution in [-0.4, -0.2) is 40.8 Å². The molecule has 130 valence electrons. The van der Waals surface area contributed by atoms with Crippen molar-refractivity contribution < 1.29 is 37.1 Å². The van der Waals surface area contributed by atoms with E-state index in [-0.39, 0.29) is 13.0 Å². The lowest BCUT2D eigenvalue weighted by Crippen LogP contribution is -2.46. The summed E-state index contributed by atoms with van der Waals surface area (Å²) in [5.74, 6) is -3.61. The topological polar surface area (TPSA) is 74.7 Å². The number of likely N-dealkylation sites (tertiary alicyclic amines) is 1.